The number of anilines is 1. The fourth-order valence-electron chi connectivity index (χ4n) is 2.53. The minimum absolute atomic E-state index is 0.0872. The number of carbonyl (C=O) groups excluding carboxylic acids is 1. The molecule has 0 N–H and O–H groups in total. The van der Waals surface area contributed by atoms with Crippen LogP contribution in [0.2, 0.25) is 0 Å². The van der Waals surface area contributed by atoms with E-state index in [0.29, 0.717) is 6.54 Å². The molecule has 90 valence electrons. The molecule has 1 unspecified atom stereocenters. The van der Waals surface area contributed by atoms with Gasteiger partial charge in [0.15, 0.2) is 0 Å². The van der Waals surface area contributed by atoms with Crippen molar-refractivity contribution < 1.29 is 9.18 Å². The van der Waals surface area contributed by atoms with Crippen molar-refractivity contribution in [3.05, 3.63) is 29.6 Å². The Bertz CT molecular complexity index is 457. The van der Waals surface area contributed by atoms with Gasteiger partial charge in [-0.05, 0) is 42.7 Å². The summed E-state index contributed by atoms with van der Waals surface area (Å²) < 4.78 is 13.2. The Morgan fingerprint density at radius 1 is 1.47 bits per heavy atom. The maximum absolute atomic E-state index is 13.2. The topological polar surface area (TPSA) is 20.3 Å². The number of fused-ring (bicyclic) bond motifs is 1. The lowest BCUT2D eigenvalue weighted by Crippen LogP contribution is -2.35. The monoisotopic (exact) mass is 251 g/mol. The average Bonchev–Trinajstić information content (AvgIpc) is 2.97. The molecule has 0 bridgehead atoms. The van der Waals surface area contributed by atoms with Crippen LogP contribution < -0.4 is 4.90 Å². The number of thioether (sulfide) groups is 1. The Morgan fingerprint density at radius 2 is 2.35 bits per heavy atom. The first-order valence-corrected chi connectivity index (χ1v) is 7.02. The van der Waals surface area contributed by atoms with Crippen LogP contribution in [0.1, 0.15) is 18.4 Å². The highest BCUT2D eigenvalue weighted by Crippen LogP contribution is 2.34. The highest BCUT2D eigenvalue weighted by atomic mass is 32.2. The number of rotatable bonds is 1. The summed E-state index contributed by atoms with van der Waals surface area (Å²) in [5.74, 6) is 0.972. The van der Waals surface area contributed by atoms with Crippen LogP contribution in [0.3, 0.4) is 0 Å². The number of halogens is 1. The molecule has 2 nitrogen and oxygen atoms in total. The maximum atomic E-state index is 13.2. The highest BCUT2D eigenvalue weighted by Gasteiger charge is 2.32. The van der Waals surface area contributed by atoms with E-state index < -0.39 is 0 Å². The number of amides is 1. The van der Waals surface area contributed by atoms with Crippen LogP contribution in [-0.2, 0) is 11.2 Å². The molecule has 0 aliphatic carbocycles. The van der Waals surface area contributed by atoms with Gasteiger partial charge in [0.1, 0.15) is 5.82 Å². The number of nitrogens with zero attached hydrogens (tertiary/aromatic N) is 1. The lowest BCUT2D eigenvalue weighted by Gasteiger charge is -2.20. The minimum Gasteiger partial charge on any atom is -0.311 e. The summed E-state index contributed by atoms with van der Waals surface area (Å²) in [4.78, 5) is 14.1. The van der Waals surface area contributed by atoms with Crippen molar-refractivity contribution >= 4 is 23.4 Å². The molecule has 2 aliphatic heterocycles. The number of hydrogen-bond acceptors (Lipinski definition) is 2. The van der Waals surface area contributed by atoms with E-state index in [1.54, 1.807) is 22.7 Å². The first kappa shape index (κ1) is 11.1. The molecular formula is C13H14FNOS. The molecule has 1 saturated heterocycles. The van der Waals surface area contributed by atoms with Crippen molar-refractivity contribution in [1.82, 2.24) is 0 Å². The molecule has 2 aliphatic rings. The molecule has 17 heavy (non-hydrogen) atoms. The summed E-state index contributed by atoms with van der Waals surface area (Å²) in [6.45, 7) is 0.703. The van der Waals surface area contributed by atoms with E-state index in [0.717, 1.165) is 36.3 Å². The van der Waals surface area contributed by atoms with E-state index >= 15 is 0 Å². The summed E-state index contributed by atoms with van der Waals surface area (Å²) in [6, 6.07) is 4.75. The zero-order valence-electron chi connectivity index (χ0n) is 9.49. The maximum Gasteiger partial charge on any atom is 0.240 e. The predicted octanol–water partition coefficient (Wildman–Crippen LogP) is 2.61. The lowest BCUT2D eigenvalue weighted by atomic mass is 10.1. The zero-order valence-corrected chi connectivity index (χ0v) is 10.3. The van der Waals surface area contributed by atoms with Crippen molar-refractivity contribution in [2.45, 2.75) is 24.5 Å². The Balaban J connectivity index is 1.87. The third-order valence-corrected chi connectivity index (χ3v) is 4.78. The van der Waals surface area contributed by atoms with E-state index in [2.05, 4.69) is 0 Å². The number of benzene rings is 1. The molecule has 0 aromatic heterocycles. The molecule has 0 spiro atoms. The predicted molar refractivity (Wildman–Crippen MR) is 67.9 cm³/mol. The van der Waals surface area contributed by atoms with Gasteiger partial charge < -0.3 is 4.90 Å². The van der Waals surface area contributed by atoms with Crippen LogP contribution in [-0.4, -0.2) is 23.5 Å². The first-order chi connectivity index (χ1) is 8.25. The molecule has 1 atom stereocenters. The number of carbonyl (C=O) groups is 1. The summed E-state index contributed by atoms with van der Waals surface area (Å²) in [7, 11) is 0. The zero-order chi connectivity index (χ0) is 11.8. The molecular weight excluding hydrogens is 237 g/mol. The van der Waals surface area contributed by atoms with Crippen molar-refractivity contribution in [2.24, 2.45) is 0 Å². The van der Waals surface area contributed by atoms with Crippen molar-refractivity contribution in [1.29, 1.82) is 0 Å². The summed E-state index contributed by atoms with van der Waals surface area (Å²) in [6.07, 6.45) is 2.92. The molecule has 3 rings (SSSR count). The normalized spacial score (nSPS) is 22.9. The molecule has 1 aromatic rings. The van der Waals surface area contributed by atoms with Crippen molar-refractivity contribution in [3.8, 4) is 0 Å². The average molecular weight is 251 g/mol. The van der Waals surface area contributed by atoms with E-state index in [-0.39, 0.29) is 17.0 Å². The van der Waals surface area contributed by atoms with Gasteiger partial charge in [-0.25, -0.2) is 4.39 Å². The Labute approximate surface area is 104 Å². The number of hydrogen-bond donors (Lipinski definition) is 0. The standard InChI is InChI=1S/C13H14FNOS/c14-10-4-3-9-5-6-15(11(9)8-10)13(16)12-2-1-7-17-12/h3-4,8,12H,1-2,5-7H2. The van der Waals surface area contributed by atoms with Crippen molar-refractivity contribution in [3.63, 3.8) is 0 Å². The summed E-state index contributed by atoms with van der Waals surface area (Å²) in [5, 5.41) is 0.0872. The molecule has 0 radical (unpaired) electrons. The quantitative estimate of drug-likeness (QED) is 0.764. The van der Waals surface area contributed by atoms with Crippen LogP contribution in [0.25, 0.3) is 0 Å². The van der Waals surface area contributed by atoms with E-state index in [1.807, 2.05) is 0 Å². The third-order valence-electron chi connectivity index (χ3n) is 3.41. The second-order valence-electron chi connectivity index (χ2n) is 4.51. The minimum atomic E-state index is -0.262. The van der Waals surface area contributed by atoms with Gasteiger partial charge in [-0.1, -0.05) is 6.07 Å². The van der Waals surface area contributed by atoms with Crippen LogP contribution in [0.4, 0.5) is 10.1 Å². The fraction of sp³-hybridized carbons (Fsp3) is 0.462. The summed E-state index contributed by atoms with van der Waals surface area (Å²) in [5.41, 5.74) is 1.87. The Hall–Kier alpha value is -1.03. The van der Waals surface area contributed by atoms with Gasteiger partial charge in [0.2, 0.25) is 5.91 Å². The Kier molecular flexibility index (Phi) is 2.82. The van der Waals surface area contributed by atoms with Crippen LogP contribution in [0.5, 0.6) is 0 Å². The first-order valence-electron chi connectivity index (χ1n) is 5.97. The van der Waals surface area contributed by atoms with Gasteiger partial charge in [0, 0.05) is 12.2 Å². The van der Waals surface area contributed by atoms with E-state index in [4.69, 9.17) is 0 Å². The fourth-order valence-corrected chi connectivity index (χ4v) is 3.75. The second-order valence-corrected chi connectivity index (χ2v) is 5.83. The summed E-state index contributed by atoms with van der Waals surface area (Å²) >= 11 is 1.73. The molecule has 1 amide bonds. The third kappa shape index (κ3) is 1.95. The SMILES string of the molecule is O=C(C1CCCS1)N1CCc2ccc(F)cc21. The van der Waals surface area contributed by atoms with E-state index in [9.17, 15) is 9.18 Å². The van der Waals surface area contributed by atoms with Gasteiger partial charge in [-0.2, -0.15) is 0 Å². The van der Waals surface area contributed by atoms with E-state index in [1.165, 1.54) is 12.1 Å². The van der Waals surface area contributed by atoms with Gasteiger partial charge in [0.05, 0.1) is 5.25 Å². The van der Waals surface area contributed by atoms with Crippen LogP contribution >= 0.6 is 11.8 Å². The van der Waals surface area contributed by atoms with Gasteiger partial charge in [-0.3, -0.25) is 4.79 Å². The van der Waals surface area contributed by atoms with Crippen LogP contribution in [0, 0.1) is 5.82 Å². The Morgan fingerprint density at radius 3 is 3.12 bits per heavy atom. The highest BCUT2D eigenvalue weighted by molar-refractivity contribution is 8.00. The molecule has 1 fully saturated rings. The largest absolute Gasteiger partial charge is 0.311 e. The lowest BCUT2D eigenvalue weighted by molar-refractivity contribution is -0.118. The molecule has 2 heterocycles. The van der Waals surface area contributed by atoms with Crippen molar-refractivity contribution in [2.75, 3.05) is 17.2 Å². The van der Waals surface area contributed by atoms with Gasteiger partial charge >= 0.3 is 0 Å². The molecule has 1 aromatic carbocycles. The van der Waals surface area contributed by atoms with Gasteiger partial charge in [0.25, 0.3) is 0 Å². The smallest absolute Gasteiger partial charge is 0.240 e. The van der Waals surface area contributed by atoms with Gasteiger partial charge in [-0.15, -0.1) is 11.8 Å². The molecule has 0 saturated carbocycles. The molecule has 4 heteroatoms. The second kappa shape index (κ2) is 4.33. The van der Waals surface area contributed by atoms with Crippen LogP contribution in [0.15, 0.2) is 18.2 Å².